The standard InChI is InChI=1S/C14H14Cl2N2S/c15-13-3-1-11(5-9(13)7-17)19-12-2-4-14(16)10(6-12)8-18/h1-6H,7-8,17-18H2. The SMILES string of the molecule is NCc1cc(Sc2ccc(Cl)c(CN)c2)ccc1Cl. The van der Waals surface area contributed by atoms with E-state index in [-0.39, 0.29) is 0 Å². The minimum atomic E-state index is 0.432. The van der Waals surface area contributed by atoms with Crippen molar-refractivity contribution in [3.05, 3.63) is 57.6 Å². The lowest BCUT2D eigenvalue weighted by atomic mass is 10.2. The molecule has 19 heavy (non-hydrogen) atoms. The van der Waals surface area contributed by atoms with Gasteiger partial charge in [0.15, 0.2) is 0 Å². The molecule has 0 saturated heterocycles. The van der Waals surface area contributed by atoms with Crippen molar-refractivity contribution in [2.45, 2.75) is 22.9 Å². The summed E-state index contributed by atoms with van der Waals surface area (Å²) >= 11 is 13.7. The van der Waals surface area contributed by atoms with Crippen LogP contribution in [0.3, 0.4) is 0 Å². The number of benzene rings is 2. The van der Waals surface area contributed by atoms with E-state index in [0.29, 0.717) is 23.1 Å². The Balaban J connectivity index is 2.25. The Bertz CT molecular complexity index is 536. The predicted molar refractivity (Wildman–Crippen MR) is 82.8 cm³/mol. The number of rotatable bonds is 4. The predicted octanol–water partition coefficient (Wildman–Crippen LogP) is 4.06. The van der Waals surface area contributed by atoms with Crippen LogP contribution >= 0.6 is 35.0 Å². The van der Waals surface area contributed by atoms with Gasteiger partial charge in [0.25, 0.3) is 0 Å². The van der Waals surface area contributed by atoms with Crippen LogP contribution in [0.15, 0.2) is 46.2 Å². The van der Waals surface area contributed by atoms with E-state index in [9.17, 15) is 0 Å². The minimum Gasteiger partial charge on any atom is -0.326 e. The van der Waals surface area contributed by atoms with Gasteiger partial charge >= 0.3 is 0 Å². The summed E-state index contributed by atoms with van der Waals surface area (Å²) in [6.07, 6.45) is 0. The third-order valence-electron chi connectivity index (χ3n) is 2.71. The Hall–Kier alpha value is -0.710. The fourth-order valence-electron chi connectivity index (χ4n) is 1.68. The second-order valence-corrected chi connectivity index (χ2v) is 5.98. The van der Waals surface area contributed by atoms with Crippen molar-refractivity contribution in [1.82, 2.24) is 0 Å². The van der Waals surface area contributed by atoms with Crippen molar-refractivity contribution in [3.63, 3.8) is 0 Å². The Morgan fingerprint density at radius 2 is 1.21 bits per heavy atom. The number of hydrogen-bond acceptors (Lipinski definition) is 3. The Kier molecular flexibility index (Phi) is 5.13. The Labute approximate surface area is 127 Å². The molecule has 0 bridgehead atoms. The maximum Gasteiger partial charge on any atom is 0.0451 e. The Morgan fingerprint density at radius 1 is 0.789 bits per heavy atom. The minimum absolute atomic E-state index is 0.432. The van der Waals surface area contributed by atoms with Crippen molar-refractivity contribution in [3.8, 4) is 0 Å². The zero-order valence-electron chi connectivity index (χ0n) is 10.2. The fraction of sp³-hybridized carbons (Fsp3) is 0.143. The molecule has 0 spiro atoms. The number of nitrogens with two attached hydrogens (primary N) is 2. The molecule has 0 unspecified atom stereocenters. The molecule has 0 heterocycles. The lowest BCUT2D eigenvalue weighted by molar-refractivity contribution is 1.06. The molecule has 0 aliphatic rings. The van der Waals surface area contributed by atoms with Gasteiger partial charge in [0.2, 0.25) is 0 Å². The van der Waals surface area contributed by atoms with Crippen molar-refractivity contribution in [2.75, 3.05) is 0 Å². The lowest BCUT2D eigenvalue weighted by Gasteiger charge is -2.08. The van der Waals surface area contributed by atoms with Crippen LogP contribution in [-0.4, -0.2) is 0 Å². The van der Waals surface area contributed by atoms with Gasteiger partial charge < -0.3 is 11.5 Å². The molecule has 0 saturated carbocycles. The first-order valence-electron chi connectivity index (χ1n) is 5.79. The van der Waals surface area contributed by atoms with Crippen LogP contribution in [0.1, 0.15) is 11.1 Å². The number of halogens is 2. The summed E-state index contributed by atoms with van der Waals surface area (Å²) in [5, 5.41) is 1.40. The van der Waals surface area contributed by atoms with Crippen LogP contribution in [0.2, 0.25) is 10.0 Å². The molecule has 0 aliphatic heterocycles. The molecule has 2 aromatic carbocycles. The van der Waals surface area contributed by atoms with Crippen molar-refractivity contribution in [2.24, 2.45) is 11.5 Å². The first-order chi connectivity index (χ1) is 9.13. The summed E-state index contributed by atoms with van der Waals surface area (Å²) in [4.78, 5) is 2.19. The third-order valence-corrected chi connectivity index (χ3v) is 4.43. The van der Waals surface area contributed by atoms with E-state index in [4.69, 9.17) is 34.7 Å². The van der Waals surface area contributed by atoms with E-state index in [0.717, 1.165) is 20.9 Å². The third kappa shape index (κ3) is 3.65. The molecular formula is C14H14Cl2N2S. The normalized spacial score (nSPS) is 10.7. The zero-order chi connectivity index (χ0) is 13.8. The molecule has 2 rings (SSSR count). The fourth-order valence-corrected chi connectivity index (χ4v) is 3.01. The second-order valence-electron chi connectivity index (χ2n) is 4.02. The maximum atomic E-state index is 6.04. The van der Waals surface area contributed by atoms with E-state index < -0.39 is 0 Å². The highest BCUT2D eigenvalue weighted by molar-refractivity contribution is 7.99. The first kappa shape index (κ1) is 14.7. The second kappa shape index (κ2) is 6.64. The van der Waals surface area contributed by atoms with Crippen LogP contribution in [0.25, 0.3) is 0 Å². The summed E-state index contributed by atoms with van der Waals surface area (Å²) in [7, 11) is 0. The molecule has 2 nitrogen and oxygen atoms in total. The van der Waals surface area contributed by atoms with Gasteiger partial charge in [0.1, 0.15) is 0 Å². The quantitative estimate of drug-likeness (QED) is 0.895. The van der Waals surface area contributed by atoms with Crippen molar-refractivity contribution in [1.29, 1.82) is 0 Å². The monoisotopic (exact) mass is 312 g/mol. The molecule has 4 N–H and O–H groups in total. The van der Waals surface area contributed by atoms with Gasteiger partial charge in [-0.1, -0.05) is 35.0 Å². The summed E-state index contributed by atoms with van der Waals surface area (Å²) in [6, 6.07) is 11.7. The molecule has 100 valence electrons. The largest absolute Gasteiger partial charge is 0.326 e. The molecule has 0 fully saturated rings. The average molecular weight is 313 g/mol. The van der Waals surface area contributed by atoms with E-state index in [2.05, 4.69) is 0 Å². The maximum absolute atomic E-state index is 6.04. The van der Waals surface area contributed by atoms with E-state index in [1.807, 2.05) is 36.4 Å². The highest BCUT2D eigenvalue weighted by Gasteiger charge is 2.05. The molecule has 0 radical (unpaired) electrons. The van der Waals surface area contributed by atoms with Crippen LogP contribution in [0.4, 0.5) is 0 Å². The first-order valence-corrected chi connectivity index (χ1v) is 7.36. The van der Waals surface area contributed by atoms with E-state index in [1.54, 1.807) is 11.8 Å². The molecule has 0 aliphatic carbocycles. The topological polar surface area (TPSA) is 52.0 Å². The molecule has 0 atom stereocenters. The smallest absolute Gasteiger partial charge is 0.0451 e. The van der Waals surface area contributed by atoms with Gasteiger partial charge in [-0.2, -0.15) is 0 Å². The molecule has 5 heteroatoms. The van der Waals surface area contributed by atoms with Crippen LogP contribution in [0, 0.1) is 0 Å². The van der Waals surface area contributed by atoms with Gasteiger partial charge in [-0.25, -0.2) is 0 Å². The van der Waals surface area contributed by atoms with Gasteiger partial charge in [-0.05, 0) is 47.5 Å². The van der Waals surface area contributed by atoms with Crippen LogP contribution in [-0.2, 0) is 13.1 Å². The number of hydrogen-bond donors (Lipinski definition) is 2. The van der Waals surface area contributed by atoms with Crippen LogP contribution in [0.5, 0.6) is 0 Å². The van der Waals surface area contributed by atoms with Gasteiger partial charge in [-0.15, -0.1) is 0 Å². The van der Waals surface area contributed by atoms with E-state index >= 15 is 0 Å². The van der Waals surface area contributed by atoms with Gasteiger partial charge in [0, 0.05) is 32.9 Å². The Morgan fingerprint density at radius 3 is 1.58 bits per heavy atom. The van der Waals surface area contributed by atoms with Gasteiger partial charge in [0.05, 0.1) is 0 Å². The summed E-state index contributed by atoms with van der Waals surface area (Å²) in [5.41, 5.74) is 13.2. The van der Waals surface area contributed by atoms with Crippen molar-refractivity contribution < 1.29 is 0 Å². The molecular weight excluding hydrogens is 299 g/mol. The summed E-state index contributed by atoms with van der Waals surface area (Å²) in [6.45, 7) is 0.865. The average Bonchev–Trinajstić information content (AvgIpc) is 2.43. The van der Waals surface area contributed by atoms with Crippen LogP contribution < -0.4 is 11.5 Å². The highest BCUT2D eigenvalue weighted by Crippen LogP contribution is 2.32. The summed E-state index contributed by atoms with van der Waals surface area (Å²) in [5.74, 6) is 0. The molecule has 2 aromatic rings. The van der Waals surface area contributed by atoms with Crippen molar-refractivity contribution >= 4 is 35.0 Å². The zero-order valence-corrected chi connectivity index (χ0v) is 12.5. The van der Waals surface area contributed by atoms with Gasteiger partial charge in [-0.3, -0.25) is 0 Å². The molecule has 0 aromatic heterocycles. The summed E-state index contributed by atoms with van der Waals surface area (Å²) < 4.78 is 0. The molecule has 0 amide bonds. The highest BCUT2D eigenvalue weighted by atomic mass is 35.5. The van der Waals surface area contributed by atoms with E-state index in [1.165, 1.54) is 0 Å². The lowest BCUT2D eigenvalue weighted by Crippen LogP contribution is -1.98.